The number of aryl methyl sites for hydroxylation is 1. The number of benzene rings is 1. The Morgan fingerprint density at radius 2 is 1.92 bits per heavy atom. The summed E-state index contributed by atoms with van der Waals surface area (Å²) in [6, 6.07) is 4.53. The van der Waals surface area contributed by atoms with E-state index in [9.17, 15) is 12.8 Å². The van der Waals surface area contributed by atoms with E-state index in [2.05, 4.69) is 15.0 Å². The summed E-state index contributed by atoms with van der Waals surface area (Å²) in [5.41, 5.74) is 1.44. The Hall–Kier alpha value is -2.32. The molecule has 1 aliphatic heterocycles. The zero-order valence-corrected chi connectivity index (χ0v) is 13.8. The van der Waals surface area contributed by atoms with Crippen LogP contribution in [0, 0.1) is 12.7 Å². The van der Waals surface area contributed by atoms with Crippen molar-refractivity contribution in [2.75, 3.05) is 13.1 Å². The average molecular weight is 346 g/mol. The topological polar surface area (TPSA) is 79.0 Å². The molecule has 4 rings (SSSR count). The molecular formula is C16H15FN4O2S. The largest absolute Gasteiger partial charge is 0.342 e. The highest BCUT2D eigenvalue weighted by Gasteiger charge is 2.31. The van der Waals surface area contributed by atoms with Gasteiger partial charge in [0, 0.05) is 36.4 Å². The van der Waals surface area contributed by atoms with E-state index < -0.39 is 15.8 Å². The van der Waals surface area contributed by atoms with Crippen LogP contribution in [-0.4, -0.2) is 40.8 Å². The molecule has 0 saturated carbocycles. The van der Waals surface area contributed by atoms with Crippen LogP contribution in [0.15, 0.2) is 35.6 Å². The number of aromatic nitrogens is 3. The molecule has 1 aromatic carbocycles. The van der Waals surface area contributed by atoms with Gasteiger partial charge < -0.3 is 4.98 Å². The number of nitrogens with zero attached hydrogens (tertiary/aromatic N) is 3. The van der Waals surface area contributed by atoms with Gasteiger partial charge in [0.1, 0.15) is 10.8 Å². The molecule has 0 unspecified atom stereocenters. The fourth-order valence-electron chi connectivity index (χ4n) is 2.89. The van der Waals surface area contributed by atoms with E-state index in [0.29, 0.717) is 35.4 Å². The Labute approximate surface area is 138 Å². The molecule has 0 amide bonds. The predicted octanol–water partition coefficient (Wildman–Crippen LogP) is 2.47. The predicted molar refractivity (Wildman–Crippen MR) is 87.4 cm³/mol. The van der Waals surface area contributed by atoms with Gasteiger partial charge in [0.2, 0.25) is 0 Å². The molecule has 0 atom stereocenters. The molecule has 1 aliphatic rings. The lowest BCUT2D eigenvalue weighted by Gasteiger charge is -2.28. The van der Waals surface area contributed by atoms with Crippen molar-refractivity contribution in [2.45, 2.75) is 18.4 Å². The van der Waals surface area contributed by atoms with Gasteiger partial charge in [-0.2, -0.15) is 4.31 Å². The number of sulfonamides is 1. The highest BCUT2D eigenvalue weighted by Crippen LogP contribution is 2.34. The summed E-state index contributed by atoms with van der Waals surface area (Å²) >= 11 is 0. The summed E-state index contributed by atoms with van der Waals surface area (Å²) in [6.45, 7) is 2.74. The maximum atomic E-state index is 14.4. The lowest BCUT2D eigenvalue weighted by Crippen LogP contribution is -2.42. The van der Waals surface area contributed by atoms with Crippen molar-refractivity contribution < 1.29 is 12.8 Å². The average Bonchev–Trinajstić information content (AvgIpc) is 2.92. The molecule has 1 N–H and O–H groups in total. The van der Waals surface area contributed by atoms with E-state index in [0.717, 1.165) is 6.42 Å². The van der Waals surface area contributed by atoms with Gasteiger partial charge >= 0.3 is 0 Å². The highest BCUT2D eigenvalue weighted by molar-refractivity contribution is 7.89. The van der Waals surface area contributed by atoms with E-state index in [1.54, 1.807) is 25.4 Å². The quantitative estimate of drug-likeness (QED) is 0.790. The van der Waals surface area contributed by atoms with E-state index >= 15 is 0 Å². The third-order valence-electron chi connectivity index (χ3n) is 4.26. The van der Waals surface area contributed by atoms with Gasteiger partial charge in [0.05, 0.1) is 5.52 Å². The molecule has 24 heavy (non-hydrogen) atoms. The molecule has 1 saturated heterocycles. The number of hydrogen-bond acceptors (Lipinski definition) is 4. The van der Waals surface area contributed by atoms with Gasteiger partial charge in [-0.05, 0) is 37.1 Å². The highest BCUT2D eigenvalue weighted by atomic mass is 32.2. The molecular weight excluding hydrogens is 331 g/mol. The van der Waals surface area contributed by atoms with Crippen molar-refractivity contribution in [3.63, 3.8) is 0 Å². The molecule has 0 radical (unpaired) electrons. The number of halogens is 1. The summed E-state index contributed by atoms with van der Waals surface area (Å²) in [5.74, 6) is -0.0564. The van der Waals surface area contributed by atoms with Crippen molar-refractivity contribution >= 4 is 20.9 Å². The lowest BCUT2D eigenvalue weighted by molar-refractivity contribution is 0.308. The van der Waals surface area contributed by atoms with Crippen LogP contribution < -0.4 is 0 Å². The van der Waals surface area contributed by atoms with Crippen LogP contribution in [-0.2, 0) is 10.0 Å². The standard InChI is InChI=1S/C16H15FN4O2S/c1-10-8-12(17)15-11(14(10)16-18-4-2-5-19-16)9-13(20-15)24(22,23)21-6-3-7-21/h2,4-5,8-9,20H,3,6-7H2,1H3. The molecule has 1 fully saturated rings. The third-order valence-corrected chi connectivity index (χ3v) is 6.08. The van der Waals surface area contributed by atoms with Crippen molar-refractivity contribution in [1.82, 2.24) is 19.3 Å². The minimum absolute atomic E-state index is 0.00104. The van der Waals surface area contributed by atoms with E-state index in [-0.39, 0.29) is 10.5 Å². The lowest BCUT2D eigenvalue weighted by atomic mass is 10.0. The van der Waals surface area contributed by atoms with Crippen molar-refractivity contribution in [3.8, 4) is 11.4 Å². The van der Waals surface area contributed by atoms with Crippen molar-refractivity contribution in [2.24, 2.45) is 0 Å². The van der Waals surface area contributed by atoms with Gasteiger partial charge in [0.15, 0.2) is 5.82 Å². The summed E-state index contributed by atoms with van der Waals surface area (Å²) in [4.78, 5) is 11.2. The monoisotopic (exact) mass is 346 g/mol. The molecule has 3 aromatic rings. The number of fused-ring (bicyclic) bond motifs is 1. The number of hydrogen-bond donors (Lipinski definition) is 1. The Balaban J connectivity index is 1.98. The minimum atomic E-state index is -3.62. The third kappa shape index (κ3) is 2.22. The van der Waals surface area contributed by atoms with Gasteiger partial charge in [-0.25, -0.2) is 22.8 Å². The second kappa shape index (κ2) is 5.35. The molecule has 0 aliphatic carbocycles. The molecule has 3 heterocycles. The van der Waals surface area contributed by atoms with Crippen LogP contribution in [0.5, 0.6) is 0 Å². The smallest absolute Gasteiger partial charge is 0.258 e. The van der Waals surface area contributed by atoms with Crippen LogP contribution in [0.2, 0.25) is 0 Å². The van der Waals surface area contributed by atoms with E-state index in [4.69, 9.17) is 0 Å². The molecule has 0 bridgehead atoms. The maximum absolute atomic E-state index is 14.4. The number of aromatic amines is 1. The summed E-state index contributed by atoms with van der Waals surface area (Å²) in [5, 5.41) is 0.469. The van der Waals surface area contributed by atoms with E-state index in [1.165, 1.54) is 16.4 Å². The van der Waals surface area contributed by atoms with Crippen molar-refractivity contribution in [1.29, 1.82) is 0 Å². The van der Waals surface area contributed by atoms with Crippen LogP contribution in [0.1, 0.15) is 12.0 Å². The second-order valence-corrected chi connectivity index (χ2v) is 7.71. The fourth-order valence-corrected chi connectivity index (χ4v) is 4.41. The Bertz CT molecular complexity index is 1030. The second-order valence-electron chi connectivity index (χ2n) is 5.80. The molecule has 8 heteroatoms. The minimum Gasteiger partial charge on any atom is -0.342 e. The SMILES string of the molecule is Cc1cc(F)c2[nH]c(S(=O)(=O)N3CCC3)cc2c1-c1ncccn1. The number of nitrogens with one attached hydrogen (secondary N) is 1. The Morgan fingerprint density at radius 1 is 1.21 bits per heavy atom. The van der Waals surface area contributed by atoms with E-state index in [1.807, 2.05) is 0 Å². The van der Waals surface area contributed by atoms with Gasteiger partial charge in [-0.15, -0.1) is 0 Å². The number of rotatable bonds is 3. The first-order valence-corrected chi connectivity index (χ1v) is 9.02. The molecule has 124 valence electrons. The Kier molecular flexibility index (Phi) is 3.40. The number of H-pyrrole nitrogens is 1. The summed E-state index contributed by atoms with van der Waals surface area (Å²) in [6.07, 6.45) is 4.04. The summed E-state index contributed by atoms with van der Waals surface area (Å²) in [7, 11) is -3.62. The zero-order valence-electron chi connectivity index (χ0n) is 13.0. The van der Waals surface area contributed by atoms with Crippen LogP contribution in [0.25, 0.3) is 22.3 Å². The fraction of sp³-hybridized carbons (Fsp3) is 0.250. The van der Waals surface area contributed by atoms with Gasteiger partial charge in [-0.1, -0.05) is 0 Å². The van der Waals surface area contributed by atoms with Gasteiger partial charge in [0.25, 0.3) is 10.0 Å². The first-order chi connectivity index (χ1) is 11.5. The van der Waals surface area contributed by atoms with Crippen LogP contribution in [0.4, 0.5) is 4.39 Å². The van der Waals surface area contributed by atoms with Crippen LogP contribution >= 0.6 is 0 Å². The Morgan fingerprint density at radius 3 is 2.54 bits per heavy atom. The zero-order chi connectivity index (χ0) is 16.9. The van der Waals surface area contributed by atoms with Crippen molar-refractivity contribution in [3.05, 3.63) is 42.0 Å². The van der Waals surface area contributed by atoms with Gasteiger partial charge in [-0.3, -0.25) is 0 Å². The molecule has 2 aromatic heterocycles. The first kappa shape index (κ1) is 15.2. The molecule has 6 nitrogen and oxygen atoms in total. The van der Waals surface area contributed by atoms with Crippen LogP contribution in [0.3, 0.4) is 0 Å². The summed E-state index contributed by atoms with van der Waals surface area (Å²) < 4.78 is 40.9. The normalized spacial score (nSPS) is 15.6. The molecule has 0 spiro atoms. The maximum Gasteiger partial charge on any atom is 0.258 e. The first-order valence-electron chi connectivity index (χ1n) is 7.58.